The Balaban J connectivity index is 1.30. The van der Waals surface area contributed by atoms with Gasteiger partial charge in [0.15, 0.2) is 0 Å². The quantitative estimate of drug-likeness (QED) is 0.728. The number of rotatable bonds is 6. The number of fused-ring (bicyclic) bond motifs is 3. The summed E-state index contributed by atoms with van der Waals surface area (Å²) < 4.78 is 5.65. The number of methoxy groups -OCH3 is 1. The van der Waals surface area contributed by atoms with Gasteiger partial charge in [0.25, 0.3) is 0 Å². The van der Waals surface area contributed by atoms with Crippen molar-refractivity contribution >= 4 is 5.69 Å². The molecule has 0 amide bonds. The highest BCUT2D eigenvalue weighted by molar-refractivity contribution is 5.66. The minimum absolute atomic E-state index is 0.640. The van der Waals surface area contributed by atoms with Crippen molar-refractivity contribution in [2.75, 3.05) is 38.2 Å². The summed E-state index contributed by atoms with van der Waals surface area (Å²) in [6.07, 6.45) is 6.22. The average molecular weight is 351 g/mol. The van der Waals surface area contributed by atoms with Gasteiger partial charge in [0.05, 0.1) is 12.8 Å². The lowest BCUT2D eigenvalue weighted by Crippen LogP contribution is -2.55. The number of para-hydroxylation sites is 1. The molecule has 2 aromatic rings. The van der Waals surface area contributed by atoms with Crippen LogP contribution in [-0.4, -0.2) is 44.2 Å². The van der Waals surface area contributed by atoms with Gasteiger partial charge in [-0.05, 0) is 55.8 Å². The Morgan fingerprint density at radius 2 is 1.88 bits per heavy atom. The second-order valence-corrected chi connectivity index (χ2v) is 7.60. The summed E-state index contributed by atoms with van der Waals surface area (Å²) in [5.74, 6) is 1.04. The minimum atomic E-state index is 0.640. The van der Waals surface area contributed by atoms with Gasteiger partial charge in [-0.1, -0.05) is 42.5 Å². The van der Waals surface area contributed by atoms with Crippen LogP contribution in [-0.2, 0) is 12.8 Å². The maximum absolute atomic E-state index is 5.65. The Kier molecular flexibility index (Phi) is 5.45. The third kappa shape index (κ3) is 3.73. The molecule has 0 N–H and O–H groups in total. The number of hydrogen-bond acceptors (Lipinski definition) is 3. The molecule has 0 saturated carbocycles. The third-order valence-corrected chi connectivity index (χ3v) is 5.94. The third-order valence-electron chi connectivity index (χ3n) is 5.94. The number of unbranched alkanes of at least 4 members (excludes halogenated alkanes) is 1. The lowest BCUT2D eigenvalue weighted by atomic mass is 9.93. The standard InChI is InChI=1S/C23H30N2O/c1-26-22-12-7-11-20-13-14-21-18-24(16-17-25(21)23(20)22)15-6-5-10-19-8-3-2-4-9-19/h2-4,7-9,11-12,21H,5-6,10,13-18H2,1H3. The first kappa shape index (κ1) is 17.4. The Labute approximate surface area is 157 Å². The highest BCUT2D eigenvalue weighted by atomic mass is 16.5. The van der Waals surface area contributed by atoms with Crippen molar-refractivity contribution in [1.29, 1.82) is 0 Å². The molecule has 3 nitrogen and oxygen atoms in total. The second kappa shape index (κ2) is 8.13. The fourth-order valence-electron chi connectivity index (χ4n) is 4.56. The Hall–Kier alpha value is -2.00. The molecule has 0 radical (unpaired) electrons. The van der Waals surface area contributed by atoms with E-state index in [1.165, 1.54) is 68.6 Å². The molecule has 0 bridgehead atoms. The van der Waals surface area contributed by atoms with E-state index in [-0.39, 0.29) is 0 Å². The molecule has 1 fully saturated rings. The Morgan fingerprint density at radius 3 is 2.73 bits per heavy atom. The summed E-state index contributed by atoms with van der Waals surface area (Å²) >= 11 is 0. The van der Waals surface area contributed by atoms with E-state index < -0.39 is 0 Å². The van der Waals surface area contributed by atoms with Gasteiger partial charge in [0, 0.05) is 25.7 Å². The zero-order valence-electron chi connectivity index (χ0n) is 15.9. The molecular weight excluding hydrogens is 320 g/mol. The van der Waals surface area contributed by atoms with Crippen molar-refractivity contribution in [3.05, 3.63) is 59.7 Å². The number of hydrogen-bond donors (Lipinski definition) is 0. The summed E-state index contributed by atoms with van der Waals surface area (Å²) in [6.45, 7) is 4.72. The van der Waals surface area contributed by atoms with E-state index in [0.29, 0.717) is 6.04 Å². The molecule has 138 valence electrons. The van der Waals surface area contributed by atoms with Gasteiger partial charge in [-0.15, -0.1) is 0 Å². The normalized spacial score (nSPS) is 19.7. The van der Waals surface area contributed by atoms with Gasteiger partial charge < -0.3 is 9.64 Å². The van der Waals surface area contributed by atoms with Crippen LogP contribution >= 0.6 is 0 Å². The molecule has 2 aliphatic rings. The maximum Gasteiger partial charge on any atom is 0.142 e. The van der Waals surface area contributed by atoms with Crippen LogP contribution in [0, 0.1) is 0 Å². The first-order chi connectivity index (χ1) is 12.8. The van der Waals surface area contributed by atoms with E-state index in [9.17, 15) is 0 Å². The fourth-order valence-corrected chi connectivity index (χ4v) is 4.56. The molecule has 1 atom stereocenters. The monoisotopic (exact) mass is 350 g/mol. The van der Waals surface area contributed by atoms with Crippen LogP contribution in [0.2, 0.25) is 0 Å². The molecule has 0 aliphatic carbocycles. The lowest BCUT2D eigenvalue weighted by molar-refractivity contribution is 0.210. The van der Waals surface area contributed by atoms with Crippen LogP contribution in [0.5, 0.6) is 5.75 Å². The largest absolute Gasteiger partial charge is 0.495 e. The molecule has 1 saturated heterocycles. The summed E-state index contributed by atoms with van der Waals surface area (Å²) in [5.41, 5.74) is 4.28. The van der Waals surface area contributed by atoms with E-state index in [4.69, 9.17) is 4.74 Å². The summed E-state index contributed by atoms with van der Waals surface area (Å²) in [5, 5.41) is 0. The Bertz CT molecular complexity index is 701. The van der Waals surface area contributed by atoms with Gasteiger partial charge in [-0.3, -0.25) is 4.90 Å². The van der Waals surface area contributed by atoms with Crippen molar-refractivity contribution in [1.82, 2.24) is 4.90 Å². The number of piperazine rings is 1. The van der Waals surface area contributed by atoms with Crippen LogP contribution in [0.4, 0.5) is 5.69 Å². The van der Waals surface area contributed by atoms with Crippen molar-refractivity contribution in [3.63, 3.8) is 0 Å². The van der Waals surface area contributed by atoms with E-state index in [0.717, 1.165) is 12.3 Å². The second-order valence-electron chi connectivity index (χ2n) is 7.60. The van der Waals surface area contributed by atoms with Gasteiger partial charge >= 0.3 is 0 Å². The number of anilines is 1. The SMILES string of the molecule is COc1cccc2c1N1CCN(CCCCc3ccccc3)CC1CC2. The zero-order chi connectivity index (χ0) is 17.8. The first-order valence-corrected chi connectivity index (χ1v) is 10.0. The van der Waals surface area contributed by atoms with E-state index in [2.05, 4.69) is 58.3 Å². The minimum Gasteiger partial charge on any atom is -0.495 e. The predicted octanol–water partition coefficient (Wildman–Crippen LogP) is 4.15. The van der Waals surface area contributed by atoms with Crippen LogP contribution in [0.1, 0.15) is 30.4 Å². The number of aryl methyl sites for hydroxylation is 2. The molecule has 3 heteroatoms. The highest BCUT2D eigenvalue weighted by Crippen LogP contribution is 2.39. The maximum atomic E-state index is 5.65. The molecule has 0 spiro atoms. The predicted molar refractivity (Wildman–Crippen MR) is 108 cm³/mol. The smallest absolute Gasteiger partial charge is 0.142 e. The molecule has 26 heavy (non-hydrogen) atoms. The molecule has 0 aromatic heterocycles. The number of nitrogens with zero attached hydrogens (tertiary/aromatic N) is 2. The van der Waals surface area contributed by atoms with Crippen LogP contribution < -0.4 is 9.64 Å². The molecule has 2 heterocycles. The summed E-state index contributed by atoms with van der Waals surface area (Å²) in [6, 6.07) is 18.0. The van der Waals surface area contributed by atoms with Gasteiger partial charge in [-0.2, -0.15) is 0 Å². The molecule has 2 aliphatic heterocycles. The van der Waals surface area contributed by atoms with Crippen LogP contribution in [0.15, 0.2) is 48.5 Å². The molecule has 2 aromatic carbocycles. The average Bonchev–Trinajstić information content (AvgIpc) is 2.71. The highest BCUT2D eigenvalue weighted by Gasteiger charge is 2.33. The molecular formula is C23H30N2O. The van der Waals surface area contributed by atoms with Crippen molar-refractivity contribution in [3.8, 4) is 5.75 Å². The van der Waals surface area contributed by atoms with Gasteiger partial charge in [-0.25, -0.2) is 0 Å². The van der Waals surface area contributed by atoms with Crippen molar-refractivity contribution in [2.45, 2.75) is 38.1 Å². The first-order valence-electron chi connectivity index (χ1n) is 10.0. The van der Waals surface area contributed by atoms with E-state index in [1.807, 2.05) is 0 Å². The number of ether oxygens (including phenoxy) is 1. The van der Waals surface area contributed by atoms with E-state index >= 15 is 0 Å². The fraction of sp³-hybridized carbons (Fsp3) is 0.478. The summed E-state index contributed by atoms with van der Waals surface area (Å²) in [7, 11) is 1.79. The molecule has 4 rings (SSSR count). The van der Waals surface area contributed by atoms with E-state index in [1.54, 1.807) is 7.11 Å². The van der Waals surface area contributed by atoms with Crippen LogP contribution in [0.25, 0.3) is 0 Å². The number of benzene rings is 2. The Morgan fingerprint density at radius 1 is 1.00 bits per heavy atom. The lowest BCUT2D eigenvalue weighted by Gasteiger charge is -2.46. The van der Waals surface area contributed by atoms with Gasteiger partial charge in [0.1, 0.15) is 5.75 Å². The van der Waals surface area contributed by atoms with Crippen LogP contribution in [0.3, 0.4) is 0 Å². The van der Waals surface area contributed by atoms with Crippen molar-refractivity contribution < 1.29 is 4.74 Å². The molecule has 1 unspecified atom stereocenters. The van der Waals surface area contributed by atoms with Crippen molar-refractivity contribution in [2.24, 2.45) is 0 Å². The topological polar surface area (TPSA) is 15.7 Å². The zero-order valence-corrected chi connectivity index (χ0v) is 15.9. The van der Waals surface area contributed by atoms with Gasteiger partial charge in [0.2, 0.25) is 0 Å². The summed E-state index contributed by atoms with van der Waals surface area (Å²) in [4.78, 5) is 5.28.